The Morgan fingerprint density at radius 1 is 0.844 bits per heavy atom. The van der Waals surface area contributed by atoms with Crippen molar-refractivity contribution in [3.8, 4) is 0 Å². The molecule has 0 atom stereocenters. The molecule has 1 aliphatic carbocycles. The molecule has 0 radical (unpaired) electrons. The normalized spacial score (nSPS) is 18.5. The summed E-state index contributed by atoms with van der Waals surface area (Å²) in [5.41, 5.74) is 6.45. The summed E-state index contributed by atoms with van der Waals surface area (Å²) in [6.45, 7) is 6.11. The molecule has 3 heteroatoms. The maximum Gasteiger partial charge on any atom is 0.143 e. The summed E-state index contributed by atoms with van der Waals surface area (Å²) in [6.07, 6.45) is 3.50. The maximum absolute atomic E-state index is 13.1. The van der Waals surface area contributed by atoms with Gasteiger partial charge in [-0.3, -0.25) is 9.69 Å². The van der Waals surface area contributed by atoms with Crippen molar-refractivity contribution in [2.45, 2.75) is 51.1 Å². The Morgan fingerprint density at radius 2 is 1.59 bits per heavy atom. The molecule has 32 heavy (non-hydrogen) atoms. The monoisotopic (exact) mass is 422 g/mol. The predicted molar refractivity (Wildman–Crippen MR) is 131 cm³/mol. The molecule has 162 valence electrons. The number of aromatic nitrogens is 1. The number of carbonyl (C=O) groups is 1. The van der Waals surface area contributed by atoms with Crippen LogP contribution in [0.3, 0.4) is 0 Å². The SMILES string of the molecule is CCn1c2ccccc2c2cc(CN3CCC4(CC3)C(=O)CCc3ccccc34)ccc21. The number of Topliss-reactive ketones (excluding diaryl/α,β-unsaturated/α-hetero) is 1. The topological polar surface area (TPSA) is 25.2 Å². The molecule has 1 saturated heterocycles. The zero-order valence-corrected chi connectivity index (χ0v) is 18.8. The van der Waals surface area contributed by atoms with Gasteiger partial charge in [-0.25, -0.2) is 0 Å². The van der Waals surface area contributed by atoms with Crippen molar-refractivity contribution in [2.75, 3.05) is 13.1 Å². The Balaban J connectivity index is 1.26. The highest BCUT2D eigenvalue weighted by molar-refractivity contribution is 6.08. The Morgan fingerprint density at radius 3 is 2.44 bits per heavy atom. The molecule has 0 N–H and O–H groups in total. The molecule has 6 rings (SSSR count). The van der Waals surface area contributed by atoms with Crippen LogP contribution >= 0.6 is 0 Å². The van der Waals surface area contributed by atoms with Gasteiger partial charge in [-0.1, -0.05) is 48.5 Å². The molecule has 1 spiro atoms. The van der Waals surface area contributed by atoms with Crippen LogP contribution in [-0.2, 0) is 29.7 Å². The highest BCUT2D eigenvalue weighted by atomic mass is 16.1. The molecule has 1 aromatic heterocycles. The van der Waals surface area contributed by atoms with Gasteiger partial charge in [0.25, 0.3) is 0 Å². The van der Waals surface area contributed by atoms with Gasteiger partial charge >= 0.3 is 0 Å². The van der Waals surface area contributed by atoms with Crippen LogP contribution in [0, 0.1) is 0 Å². The molecule has 3 nitrogen and oxygen atoms in total. The van der Waals surface area contributed by atoms with E-state index >= 15 is 0 Å². The summed E-state index contributed by atoms with van der Waals surface area (Å²) in [4.78, 5) is 15.6. The van der Waals surface area contributed by atoms with Crippen molar-refractivity contribution < 1.29 is 4.79 Å². The number of fused-ring (bicyclic) bond motifs is 5. The van der Waals surface area contributed by atoms with E-state index < -0.39 is 0 Å². The third-order valence-corrected chi connectivity index (χ3v) is 7.96. The van der Waals surface area contributed by atoms with E-state index in [1.165, 1.54) is 38.5 Å². The third-order valence-electron chi connectivity index (χ3n) is 7.96. The molecular weight excluding hydrogens is 392 g/mol. The fraction of sp³-hybridized carbons (Fsp3) is 0.345. The standard InChI is InChI=1S/C29H30N2O/c1-2-31-26-10-6-4-8-23(26)24-19-21(11-13-27(24)31)20-30-17-15-29(16-18-30)25-9-5-3-7-22(25)12-14-28(29)32/h3-11,13,19H,2,12,14-18,20H2,1H3. The van der Waals surface area contributed by atoms with Crippen LogP contribution in [0.2, 0.25) is 0 Å². The Kier molecular flexibility index (Phi) is 4.69. The number of benzene rings is 3. The number of aryl methyl sites for hydroxylation is 2. The van der Waals surface area contributed by atoms with Crippen LogP contribution in [0.15, 0.2) is 66.7 Å². The molecule has 0 amide bonds. The van der Waals surface area contributed by atoms with E-state index in [1.54, 1.807) is 0 Å². The van der Waals surface area contributed by atoms with Crippen LogP contribution in [0.1, 0.15) is 42.9 Å². The van der Waals surface area contributed by atoms with Gasteiger partial charge in [-0.2, -0.15) is 0 Å². The van der Waals surface area contributed by atoms with E-state index in [0.29, 0.717) is 12.2 Å². The van der Waals surface area contributed by atoms with Gasteiger partial charge in [-0.15, -0.1) is 0 Å². The van der Waals surface area contributed by atoms with E-state index in [9.17, 15) is 4.79 Å². The van der Waals surface area contributed by atoms with Crippen molar-refractivity contribution in [1.29, 1.82) is 0 Å². The van der Waals surface area contributed by atoms with Gasteiger partial charge in [0.1, 0.15) is 5.78 Å². The third kappa shape index (κ3) is 2.95. The summed E-state index contributed by atoms with van der Waals surface area (Å²) in [5, 5.41) is 2.69. The van der Waals surface area contributed by atoms with Crippen molar-refractivity contribution >= 4 is 27.6 Å². The molecule has 1 fully saturated rings. The number of hydrogen-bond donors (Lipinski definition) is 0. The minimum Gasteiger partial charge on any atom is -0.341 e. The fourth-order valence-electron chi connectivity index (χ4n) is 6.28. The van der Waals surface area contributed by atoms with Crippen molar-refractivity contribution in [2.24, 2.45) is 0 Å². The largest absolute Gasteiger partial charge is 0.341 e. The summed E-state index contributed by atoms with van der Waals surface area (Å²) in [5.74, 6) is 0.463. The first-order valence-corrected chi connectivity index (χ1v) is 12.0. The molecule has 0 bridgehead atoms. The van der Waals surface area contributed by atoms with Crippen LogP contribution in [0.5, 0.6) is 0 Å². The zero-order chi connectivity index (χ0) is 21.7. The quantitative estimate of drug-likeness (QED) is 0.413. The van der Waals surface area contributed by atoms with Crippen LogP contribution in [-0.4, -0.2) is 28.3 Å². The predicted octanol–water partition coefficient (Wildman–Crippen LogP) is 5.86. The molecule has 3 aromatic carbocycles. The Labute approximate surface area is 189 Å². The number of nitrogens with zero attached hydrogens (tertiary/aromatic N) is 2. The van der Waals surface area contributed by atoms with E-state index in [0.717, 1.165) is 45.4 Å². The number of piperidine rings is 1. The molecule has 2 aliphatic rings. The maximum atomic E-state index is 13.1. The minimum atomic E-state index is -0.246. The highest BCUT2D eigenvalue weighted by Gasteiger charge is 2.45. The molecule has 0 unspecified atom stereocenters. The lowest BCUT2D eigenvalue weighted by Gasteiger charge is -2.44. The van der Waals surface area contributed by atoms with Gasteiger partial charge in [0.2, 0.25) is 0 Å². The highest BCUT2D eigenvalue weighted by Crippen LogP contribution is 2.43. The number of para-hydroxylation sites is 1. The minimum absolute atomic E-state index is 0.246. The Bertz CT molecular complexity index is 1320. The first-order valence-electron chi connectivity index (χ1n) is 12.0. The van der Waals surface area contributed by atoms with Gasteiger partial charge in [0.15, 0.2) is 0 Å². The first-order chi connectivity index (χ1) is 15.7. The number of likely N-dealkylation sites (tertiary alicyclic amines) is 1. The fourth-order valence-corrected chi connectivity index (χ4v) is 6.28. The summed E-state index contributed by atoms with van der Waals surface area (Å²) < 4.78 is 2.41. The van der Waals surface area contributed by atoms with Crippen LogP contribution in [0.4, 0.5) is 0 Å². The second-order valence-electron chi connectivity index (χ2n) is 9.55. The van der Waals surface area contributed by atoms with Crippen molar-refractivity contribution in [3.05, 3.63) is 83.4 Å². The van der Waals surface area contributed by atoms with Crippen LogP contribution in [0.25, 0.3) is 21.8 Å². The van der Waals surface area contributed by atoms with Crippen LogP contribution < -0.4 is 0 Å². The molecule has 0 saturated carbocycles. The number of rotatable bonds is 3. The summed E-state index contributed by atoms with van der Waals surface area (Å²) in [7, 11) is 0. The lowest BCUT2D eigenvalue weighted by molar-refractivity contribution is -0.127. The first kappa shape index (κ1) is 19.8. The lowest BCUT2D eigenvalue weighted by Crippen LogP contribution is -2.49. The van der Waals surface area contributed by atoms with E-state index in [4.69, 9.17) is 0 Å². The van der Waals surface area contributed by atoms with Gasteiger partial charge in [-0.05, 0) is 74.2 Å². The summed E-state index contributed by atoms with van der Waals surface area (Å²) in [6, 6.07) is 24.3. The molecule has 4 aromatic rings. The van der Waals surface area contributed by atoms with E-state index in [-0.39, 0.29) is 5.41 Å². The zero-order valence-electron chi connectivity index (χ0n) is 18.8. The average Bonchev–Trinajstić information content (AvgIpc) is 3.16. The van der Waals surface area contributed by atoms with Crippen molar-refractivity contribution in [1.82, 2.24) is 9.47 Å². The van der Waals surface area contributed by atoms with E-state index in [1.807, 2.05) is 0 Å². The second kappa shape index (κ2) is 7.60. The lowest BCUT2D eigenvalue weighted by atomic mass is 9.64. The molecule has 1 aliphatic heterocycles. The van der Waals surface area contributed by atoms with Gasteiger partial charge < -0.3 is 4.57 Å². The average molecular weight is 423 g/mol. The number of ketones is 1. The van der Waals surface area contributed by atoms with Crippen molar-refractivity contribution in [3.63, 3.8) is 0 Å². The smallest absolute Gasteiger partial charge is 0.143 e. The number of hydrogen-bond acceptors (Lipinski definition) is 2. The summed E-state index contributed by atoms with van der Waals surface area (Å²) >= 11 is 0. The van der Waals surface area contributed by atoms with E-state index in [2.05, 4.69) is 83.1 Å². The number of carbonyl (C=O) groups excluding carboxylic acids is 1. The molecule has 2 heterocycles. The van der Waals surface area contributed by atoms with Gasteiger partial charge in [0, 0.05) is 41.3 Å². The van der Waals surface area contributed by atoms with Gasteiger partial charge in [0.05, 0.1) is 5.41 Å². The Hall–Kier alpha value is -2.91. The molecular formula is C29H30N2O. The second-order valence-corrected chi connectivity index (χ2v) is 9.55.